The second-order valence-electron chi connectivity index (χ2n) is 6.07. The van der Waals surface area contributed by atoms with E-state index in [1.54, 1.807) is 6.08 Å². The molecule has 0 heterocycles. The molecule has 4 heteroatoms. The van der Waals surface area contributed by atoms with Gasteiger partial charge >= 0.3 is 11.8 Å². The normalized spacial score (nSPS) is 11.4. The van der Waals surface area contributed by atoms with E-state index < -0.39 is 17.5 Å². The van der Waals surface area contributed by atoms with Crippen LogP contribution >= 0.6 is 0 Å². The van der Waals surface area contributed by atoms with Crippen LogP contribution in [0.15, 0.2) is 24.3 Å². The zero-order valence-electron chi connectivity index (χ0n) is 15.0. The molecule has 4 nitrogen and oxygen atoms in total. The van der Waals surface area contributed by atoms with Gasteiger partial charge in [-0.1, -0.05) is 82.6 Å². The highest BCUT2D eigenvalue weighted by Crippen LogP contribution is 2.10. The lowest BCUT2D eigenvalue weighted by Crippen LogP contribution is -2.22. The van der Waals surface area contributed by atoms with Crippen LogP contribution in [0, 0.1) is 0 Å². The van der Waals surface area contributed by atoms with Crippen LogP contribution in [0.3, 0.4) is 0 Å². The Balaban J connectivity index is 3.44. The lowest BCUT2D eigenvalue weighted by atomic mass is 10.1. The lowest BCUT2D eigenvalue weighted by Gasteiger charge is -2.00. The Labute approximate surface area is 146 Å². The Morgan fingerprint density at radius 2 is 1.25 bits per heavy atom. The number of carbonyl (C=O) groups is 3. The molecule has 0 spiro atoms. The van der Waals surface area contributed by atoms with Crippen molar-refractivity contribution < 1.29 is 19.5 Å². The number of hydrogen-bond acceptors (Lipinski definition) is 3. The highest BCUT2D eigenvalue weighted by Gasteiger charge is 2.20. The molecule has 0 aliphatic heterocycles. The van der Waals surface area contributed by atoms with Gasteiger partial charge < -0.3 is 5.11 Å². The summed E-state index contributed by atoms with van der Waals surface area (Å²) in [6.07, 6.45) is 21.0. The SMILES string of the molecule is CCCCCCCCCCCC=CC=CCCC(=O)C(=O)C(=O)O. The van der Waals surface area contributed by atoms with Gasteiger partial charge in [-0.3, -0.25) is 9.59 Å². The lowest BCUT2D eigenvalue weighted by molar-refractivity contribution is -0.152. The number of unbranched alkanes of at least 4 members (excludes halogenated alkanes) is 9. The van der Waals surface area contributed by atoms with E-state index in [2.05, 4.69) is 13.0 Å². The average molecular weight is 336 g/mol. The van der Waals surface area contributed by atoms with Gasteiger partial charge in [0.25, 0.3) is 0 Å². The molecule has 0 saturated carbocycles. The quantitative estimate of drug-likeness (QED) is 0.186. The molecule has 0 rings (SSSR count). The third-order valence-corrected chi connectivity index (χ3v) is 3.84. The van der Waals surface area contributed by atoms with E-state index in [4.69, 9.17) is 5.11 Å². The van der Waals surface area contributed by atoms with Crippen LogP contribution in [0.1, 0.15) is 84.0 Å². The van der Waals surface area contributed by atoms with Crippen molar-refractivity contribution in [2.24, 2.45) is 0 Å². The molecule has 0 amide bonds. The number of carboxylic acid groups (broad SMARTS) is 1. The van der Waals surface area contributed by atoms with Crippen LogP contribution in [-0.2, 0) is 14.4 Å². The summed E-state index contributed by atoms with van der Waals surface area (Å²) in [4.78, 5) is 32.3. The summed E-state index contributed by atoms with van der Waals surface area (Å²) in [5.41, 5.74) is 0. The van der Waals surface area contributed by atoms with Crippen LogP contribution in [0.5, 0.6) is 0 Å². The predicted molar refractivity (Wildman–Crippen MR) is 97.0 cm³/mol. The van der Waals surface area contributed by atoms with Gasteiger partial charge in [-0.15, -0.1) is 0 Å². The highest BCUT2D eigenvalue weighted by atomic mass is 16.4. The maximum absolute atomic E-state index is 11.1. The first-order valence-corrected chi connectivity index (χ1v) is 9.21. The number of carboxylic acids is 1. The molecule has 0 atom stereocenters. The van der Waals surface area contributed by atoms with Crippen LogP contribution < -0.4 is 0 Å². The van der Waals surface area contributed by atoms with Crippen molar-refractivity contribution in [3.63, 3.8) is 0 Å². The summed E-state index contributed by atoms with van der Waals surface area (Å²) in [6, 6.07) is 0. The van der Waals surface area contributed by atoms with Crippen LogP contribution in [0.2, 0.25) is 0 Å². The van der Waals surface area contributed by atoms with Gasteiger partial charge in [-0.25, -0.2) is 4.79 Å². The van der Waals surface area contributed by atoms with Crippen molar-refractivity contribution in [3.05, 3.63) is 24.3 Å². The molecule has 0 aromatic heterocycles. The van der Waals surface area contributed by atoms with Crippen LogP contribution in [0.4, 0.5) is 0 Å². The molecule has 0 saturated heterocycles. The summed E-state index contributed by atoms with van der Waals surface area (Å²) < 4.78 is 0. The second-order valence-corrected chi connectivity index (χ2v) is 6.07. The Kier molecular flexibility index (Phi) is 15.0. The molecule has 0 aromatic carbocycles. The Morgan fingerprint density at radius 3 is 1.79 bits per heavy atom. The molecule has 0 fully saturated rings. The smallest absolute Gasteiger partial charge is 0.380 e. The number of hydrogen-bond donors (Lipinski definition) is 1. The summed E-state index contributed by atoms with van der Waals surface area (Å²) in [6.45, 7) is 2.24. The summed E-state index contributed by atoms with van der Waals surface area (Å²) in [5, 5.41) is 8.38. The van der Waals surface area contributed by atoms with Crippen molar-refractivity contribution in [1.82, 2.24) is 0 Å². The maximum atomic E-state index is 11.1. The molecule has 0 aliphatic rings. The third-order valence-electron chi connectivity index (χ3n) is 3.84. The number of carbonyl (C=O) groups excluding carboxylic acids is 2. The number of ketones is 2. The zero-order chi connectivity index (χ0) is 18.0. The topological polar surface area (TPSA) is 71.4 Å². The van der Waals surface area contributed by atoms with E-state index >= 15 is 0 Å². The monoisotopic (exact) mass is 336 g/mol. The molecular weight excluding hydrogens is 304 g/mol. The average Bonchev–Trinajstić information content (AvgIpc) is 2.57. The first-order valence-electron chi connectivity index (χ1n) is 9.21. The van der Waals surface area contributed by atoms with E-state index in [-0.39, 0.29) is 6.42 Å². The molecule has 0 unspecified atom stereocenters. The van der Waals surface area contributed by atoms with Gasteiger partial charge in [-0.2, -0.15) is 0 Å². The van der Waals surface area contributed by atoms with Gasteiger partial charge in [0.2, 0.25) is 5.78 Å². The van der Waals surface area contributed by atoms with E-state index in [0.29, 0.717) is 6.42 Å². The Hall–Kier alpha value is -1.71. The van der Waals surface area contributed by atoms with Crippen molar-refractivity contribution in [3.8, 4) is 0 Å². The molecule has 0 aliphatic carbocycles. The van der Waals surface area contributed by atoms with Gasteiger partial charge in [0.05, 0.1) is 0 Å². The fraction of sp³-hybridized carbons (Fsp3) is 0.650. The molecular formula is C20H32O4. The Bertz CT molecular complexity index is 421. The van der Waals surface area contributed by atoms with E-state index in [1.165, 1.54) is 57.8 Å². The van der Waals surface area contributed by atoms with Crippen molar-refractivity contribution in [2.75, 3.05) is 0 Å². The summed E-state index contributed by atoms with van der Waals surface area (Å²) in [7, 11) is 0. The van der Waals surface area contributed by atoms with Gasteiger partial charge in [0.1, 0.15) is 0 Å². The molecule has 1 N–H and O–H groups in total. The third kappa shape index (κ3) is 13.9. The number of Topliss-reactive ketones (excluding diaryl/α,β-unsaturated/α-hetero) is 2. The van der Waals surface area contributed by atoms with Crippen LogP contribution in [-0.4, -0.2) is 22.6 Å². The molecule has 0 radical (unpaired) electrons. The minimum Gasteiger partial charge on any atom is -0.475 e. The minimum absolute atomic E-state index is 0.0479. The maximum Gasteiger partial charge on any atom is 0.380 e. The molecule has 0 aromatic rings. The van der Waals surface area contributed by atoms with Crippen molar-refractivity contribution >= 4 is 17.5 Å². The fourth-order valence-electron chi connectivity index (χ4n) is 2.37. The molecule has 0 bridgehead atoms. The summed E-state index contributed by atoms with van der Waals surface area (Å²) >= 11 is 0. The first kappa shape index (κ1) is 22.3. The number of allylic oxidation sites excluding steroid dienone is 4. The van der Waals surface area contributed by atoms with Crippen molar-refractivity contribution in [1.29, 1.82) is 0 Å². The predicted octanol–water partition coefficient (Wildman–Crippen LogP) is 5.02. The summed E-state index contributed by atoms with van der Waals surface area (Å²) in [5.74, 6) is -3.85. The highest BCUT2D eigenvalue weighted by molar-refractivity contribution is 6.61. The van der Waals surface area contributed by atoms with Crippen molar-refractivity contribution in [2.45, 2.75) is 84.0 Å². The largest absolute Gasteiger partial charge is 0.475 e. The van der Waals surface area contributed by atoms with Gasteiger partial charge in [0.15, 0.2) is 0 Å². The number of aliphatic carboxylic acids is 1. The molecule has 136 valence electrons. The van der Waals surface area contributed by atoms with Gasteiger partial charge in [0, 0.05) is 6.42 Å². The van der Waals surface area contributed by atoms with E-state index in [1.807, 2.05) is 12.2 Å². The standard InChI is InChI=1S/C20H32O4/c1-2-3-4-5-6-7-8-9-10-11-12-13-14-15-16-17-18(21)19(22)20(23)24/h12-15H,2-11,16-17H2,1H3,(H,23,24). The second kappa shape index (κ2) is 16.2. The minimum atomic E-state index is -1.68. The zero-order valence-corrected chi connectivity index (χ0v) is 15.0. The molecule has 24 heavy (non-hydrogen) atoms. The van der Waals surface area contributed by atoms with E-state index in [9.17, 15) is 14.4 Å². The fourth-order valence-corrected chi connectivity index (χ4v) is 2.37. The van der Waals surface area contributed by atoms with Gasteiger partial charge in [-0.05, 0) is 19.3 Å². The first-order chi connectivity index (χ1) is 11.6. The number of rotatable bonds is 16. The Morgan fingerprint density at radius 1 is 0.750 bits per heavy atom. The van der Waals surface area contributed by atoms with E-state index in [0.717, 1.165) is 6.42 Å². The van der Waals surface area contributed by atoms with Crippen LogP contribution in [0.25, 0.3) is 0 Å².